The van der Waals surface area contributed by atoms with Gasteiger partial charge in [0, 0.05) is 53.8 Å². The van der Waals surface area contributed by atoms with Gasteiger partial charge < -0.3 is 15.2 Å². The maximum atomic E-state index is 13.5. The van der Waals surface area contributed by atoms with Crippen molar-refractivity contribution in [3.05, 3.63) is 54.1 Å². The van der Waals surface area contributed by atoms with Gasteiger partial charge in [-0.25, -0.2) is 13.1 Å². The van der Waals surface area contributed by atoms with Gasteiger partial charge in [-0.1, -0.05) is 24.3 Å². The quantitative estimate of drug-likeness (QED) is 0.357. The molecule has 7 nitrogen and oxygen atoms in total. The van der Waals surface area contributed by atoms with Crippen LogP contribution in [-0.2, 0) is 21.0 Å². The van der Waals surface area contributed by atoms with Crippen molar-refractivity contribution < 1.29 is 39.6 Å². The Morgan fingerprint density at radius 1 is 0.951 bits per heavy atom. The monoisotopic (exact) mass is 602 g/mol. The molecule has 3 N–H and O–H groups in total. The lowest BCUT2D eigenvalue weighted by atomic mass is 9.85. The van der Waals surface area contributed by atoms with E-state index in [-0.39, 0.29) is 35.1 Å². The van der Waals surface area contributed by atoms with Crippen molar-refractivity contribution in [2.75, 3.05) is 19.6 Å². The second-order valence-electron chi connectivity index (χ2n) is 10.5. The van der Waals surface area contributed by atoms with Crippen LogP contribution in [-0.4, -0.2) is 62.1 Å². The summed E-state index contributed by atoms with van der Waals surface area (Å²) in [7, 11) is -4.00. The first-order chi connectivity index (χ1) is 19.2. The number of nitrogens with one attached hydrogen (secondary N) is 3. The van der Waals surface area contributed by atoms with Crippen molar-refractivity contribution in [1.29, 1.82) is 0 Å². The van der Waals surface area contributed by atoms with Crippen LogP contribution in [0.5, 0.6) is 0 Å². The molecule has 1 aliphatic heterocycles. The molecular formula is C27H28F6N4O3S. The van der Waals surface area contributed by atoms with Crippen molar-refractivity contribution in [3.63, 3.8) is 0 Å². The number of carbonyl (C=O) groups is 1. The van der Waals surface area contributed by atoms with Crippen molar-refractivity contribution in [1.82, 2.24) is 19.9 Å². The first kappa shape index (κ1) is 29.4. The Balaban J connectivity index is 1.24. The van der Waals surface area contributed by atoms with Crippen LogP contribution in [0.1, 0.15) is 31.2 Å². The molecule has 14 heteroatoms. The molecule has 222 valence electrons. The smallest absolute Gasteiger partial charge is 0.354 e. The summed E-state index contributed by atoms with van der Waals surface area (Å²) in [5, 5.41) is 2.92. The van der Waals surface area contributed by atoms with E-state index in [2.05, 4.69) is 15.0 Å². The van der Waals surface area contributed by atoms with E-state index >= 15 is 0 Å². The molecule has 41 heavy (non-hydrogen) atoms. The Labute approximate surface area is 232 Å². The molecule has 2 aliphatic rings. The molecule has 0 bridgehead atoms. The lowest BCUT2D eigenvalue weighted by Crippen LogP contribution is -2.59. The van der Waals surface area contributed by atoms with Gasteiger partial charge >= 0.3 is 12.4 Å². The number of aromatic nitrogens is 1. The van der Waals surface area contributed by atoms with Gasteiger partial charge in [0.15, 0.2) is 0 Å². The van der Waals surface area contributed by atoms with E-state index in [1.807, 2.05) is 0 Å². The molecule has 1 amide bonds. The molecule has 2 aromatic carbocycles. The number of H-pyrrole nitrogens is 1. The number of aromatic amines is 1. The second-order valence-corrected chi connectivity index (χ2v) is 12.2. The standard InChI is InChI=1S/C27H28F6N4O3S/c28-26(29,30)21-4-2-1-3-20(21)23-13-17-7-10-19(14-22(17)35-23)41(39,40)36-18-8-5-16(6-9-18)25(38)37-12-11-34-24(15-37)27(31,32)33/h1-4,7,10,13-14,16,18,24,34-36H,5-6,8-9,11-12,15H2/t16-,18-,24?. The Morgan fingerprint density at radius 3 is 2.34 bits per heavy atom. The zero-order chi connectivity index (χ0) is 29.6. The SMILES string of the molecule is O=C([C@H]1CC[C@H](NS(=O)(=O)c2ccc3cc(-c4ccccc4C(F)(F)F)[nH]c3c2)CC1)N1CCNC(C(F)(F)F)C1. The van der Waals surface area contributed by atoms with Crippen LogP contribution in [0.4, 0.5) is 26.3 Å². The fraction of sp³-hybridized carbons (Fsp3) is 0.444. The number of carbonyl (C=O) groups excluding carboxylic acids is 1. The fourth-order valence-corrected chi connectivity index (χ4v) is 6.89. The highest BCUT2D eigenvalue weighted by molar-refractivity contribution is 7.89. The molecule has 3 aromatic rings. The predicted molar refractivity (Wildman–Crippen MR) is 139 cm³/mol. The Kier molecular flexibility index (Phi) is 7.85. The molecule has 0 spiro atoms. The van der Waals surface area contributed by atoms with E-state index in [4.69, 9.17) is 0 Å². The van der Waals surface area contributed by atoms with Crippen LogP contribution < -0.4 is 10.0 Å². The molecule has 2 fully saturated rings. The van der Waals surface area contributed by atoms with Gasteiger partial charge in [0.25, 0.3) is 0 Å². The zero-order valence-corrected chi connectivity index (χ0v) is 22.5. The average molecular weight is 603 g/mol. The van der Waals surface area contributed by atoms with E-state index in [1.165, 1.54) is 47.4 Å². The maximum Gasteiger partial charge on any atom is 0.417 e. The molecular weight excluding hydrogens is 574 g/mol. The highest BCUT2D eigenvalue weighted by Gasteiger charge is 2.44. The zero-order valence-electron chi connectivity index (χ0n) is 21.6. The van der Waals surface area contributed by atoms with Gasteiger partial charge in [-0.2, -0.15) is 26.3 Å². The minimum atomic E-state index is -4.56. The van der Waals surface area contributed by atoms with Crippen molar-refractivity contribution >= 4 is 26.8 Å². The highest BCUT2D eigenvalue weighted by atomic mass is 32.2. The first-order valence-electron chi connectivity index (χ1n) is 13.1. The molecule has 1 saturated heterocycles. The molecule has 5 rings (SSSR count). The summed E-state index contributed by atoms with van der Waals surface area (Å²) in [4.78, 5) is 16.9. The third-order valence-corrected chi connectivity index (χ3v) is 9.23. The largest absolute Gasteiger partial charge is 0.417 e. The van der Waals surface area contributed by atoms with Gasteiger partial charge in [-0.15, -0.1) is 0 Å². The summed E-state index contributed by atoms with van der Waals surface area (Å²) in [6.07, 6.45) is -7.66. The molecule has 0 radical (unpaired) electrons. The summed E-state index contributed by atoms with van der Waals surface area (Å²) in [5.74, 6) is -0.821. The van der Waals surface area contributed by atoms with E-state index in [0.717, 1.165) is 6.07 Å². The summed E-state index contributed by atoms with van der Waals surface area (Å²) in [5.41, 5.74) is -0.321. The lowest BCUT2D eigenvalue weighted by molar-refractivity contribution is -0.169. The summed E-state index contributed by atoms with van der Waals surface area (Å²) < 4.78 is 109. The number of hydrogen-bond donors (Lipinski definition) is 3. The second kappa shape index (κ2) is 11.0. The van der Waals surface area contributed by atoms with E-state index < -0.39 is 52.5 Å². The van der Waals surface area contributed by atoms with Crippen LogP contribution in [0.25, 0.3) is 22.2 Å². The average Bonchev–Trinajstić information content (AvgIpc) is 3.36. The lowest BCUT2D eigenvalue weighted by Gasteiger charge is -2.38. The Bertz CT molecular complexity index is 1530. The third-order valence-electron chi connectivity index (χ3n) is 7.71. The Hall–Kier alpha value is -3.10. The summed E-state index contributed by atoms with van der Waals surface area (Å²) >= 11 is 0. The number of benzene rings is 2. The van der Waals surface area contributed by atoms with E-state index in [0.29, 0.717) is 36.6 Å². The third kappa shape index (κ3) is 6.38. The number of amides is 1. The summed E-state index contributed by atoms with van der Waals surface area (Å²) in [6.45, 7) is -0.213. The van der Waals surface area contributed by atoms with Crippen LogP contribution in [0.15, 0.2) is 53.4 Å². The van der Waals surface area contributed by atoms with E-state index in [9.17, 15) is 39.6 Å². The van der Waals surface area contributed by atoms with Crippen LogP contribution in [0, 0.1) is 5.92 Å². The minimum absolute atomic E-state index is 0.0482. The number of sulfonamides is 1. The summed E-state index contributed by atoms with van der Waals surface area (Å²) in [6, 6.07) is 8.62. The molecule has 1 saturated carbocycles. The molecule has 2 heterocycles. The van der Waals surface area contributed by atoms with Crippen LogP contribution >= 0.6 is 0 Å². The predicted octanol–water partition coefficient (Wildman–Crippen LogP) is 5.05. The van der Waals surface area contributed by atoms with Crippen LogP contribution in [0.2, 0.25) is 0 Å². The van der Waals surface area contributed by atoms with Crippen molar-refractivity contribution in [2.45, 2.75) is 55.0 Å². The number of nitrogens with zero attached hydrogens (tertiary/aromatic N) is 1. The topological polar surface area (TPSA) is 94.3 Å². The number of rotatable bonds is 5. The first-order valence-corrected chi connectivity index (χ1v) is 14.6. The number of alkyl halides is 6. The van der Waals surface area contributed by atoms with Crippen molar-refractivity contribution in [3.8, 4) is 11.3 Å². The minimum Gasteiger partial charge on any atom is -0.354 e. The van der Waals surface area contributed by atoms with Gasteiger partial charge in [-0.3, -0.25) is 4.79 Å². The molecule has 1 aromatic heterocycles. The number of hydrogen-bond acceptors (Lipinski definition) is 4. The van der Waals surface area contributed by atoms with Gasteiger partial charge in [0.1, 0.15) is 6.04 Å². The normalized spacial score (nSPS) is 22.7. The highest BCUT2D eigenvalue weighted by Crippen LogP contribution is 2.38. The van der Waals surface area contributed by atoms with Gasteiger partial charge in [-0.05, 0) is 49.9 Å². The Morgan fingerprint density at radius 2 is 1.66 bits per heavy atom. The van der Waals surface area contributed by atoms with Gasteiger partial charge in [0.05, 0.1) is 10.5 Å². The maximum absolute atomic E-state index is 13.5. The molecule has 1 atom stereocenters. The van der Waals surface area contributed by atoms with Gasteiger partial charge in [0.2, 0.25) is 15.9 Å². The number of piperazine rings is 1. The van der Waals surface area contributed by atoms with Crippen molar-refractivity contribution in [2.24, 2.45) is 5.92 Å². The number of halogens is 6. The molecule has 1 unspecified atom stereocenters. The van der Waals surface area contributed by atoms with E-state index in [1.54, 1.807) is 0 Å². The number of fused-ring (bicyclic) bond motifs is 1. The molecule has 1 aliphatic carbocycles. The van der Waals surface area contributed by atoms with Crippen LogP contribution in [0.3, 0.4) is 0 Å². The fourth-order valence-electron chi connectivity index (χ4n) is 5.56.